The lowest BCUT2D eigenvalue weighted by atomic mass is 10.1. The van der Waals surface area contributed by atoms with Crippen LogP contribution in [0.25, 0.3) is 0 Å². The van der Waals surface area contributed by atoms with Crippen LogP contribution in [0.3, 0.4) is 0 Å². The molecular weight excluding hydrogens is 270 g/mol. The van der Waals surface area contributed by atoms with Gasteiger partial charge in [-0.25, -0.2) is 0 Å². The van der Waals surface area contributed by atoms with Crippen molar-refractivity contribution in [3.8, 4) is 0 Å². The predicted molar refractivity (Wildman–Crippen MR) is 78.1 cm³/mol. The van der Waals surface area contributed by atoms with Gasteiger partial charge in [0.05, 0.1) is 5.02 Å². The van der Waals surface area contributed by atoms with Crippen molar-refractivity contribution in [1.29, 1.82) is 0 Å². The van der Waals surface area contributed by atoms with Crippen molar-refractivity contribution >= 4 is 34.3 Å². The molecule has 0 spiro atoms. The molecule has 1 atom stereocenters. The molecule has 0 amide bonds. The minimum absolute atomic E-state index is 0.473. The third-order valence-electron chi connectivity index (χ3n) is 2.61. The van der Waals surface area contributed by atoms with E-state index < -0.39 is 0 Å². The molecule has 0 saturated carbocycles. The summed E-state index contributed by atoms with van der Waals surface area (Å²) in [5.74, 6) is 0. The number of hydrogen-bond acceptors (Lipinski definition) is 3. The molecule has 4 heteroatoms. The predicted octanol–water partition coefficient (Wildman–Crippen LogP) is 5.09. The van der Waals surface area contributed by atoms with Crippen LogP contribution in [0.15, 0.2) is 29.0 Å². The highest BCUT2D eigenvalue weighted by molar-refractivity contribution is 7.10. The standard InChI is InChI=1S/C13H16ClNS2/c1-2-4-12(13-5-3-6-16-13)15-8-11-7-10(14)9-17-11/h3,5-7,9,12,15H,2,4,8H2,1H3. The average molecular weight is 286 g/mol. The van der Waals surface area contributed by atoms with Gasteiger partial charge >= 0.3 is 0 Å². The number of halogens is 1. The van der Waals surface area contributed by atoms with E-state index in [0.717, 1.165) is 11.6 Å². The van der Waals surface area contributed by atoms with Crippen LogP contribution in [0.1, 0.15) is 35.6 Å². The van der Waals surface area contributed by atoms with Crippen molar-refractivity contribution in [3.05, 3.63) is 43.7 Å². The first kappa shape index (κ1) is 13.1. The van der Waals surface area contributed by atoms with Gasteiger partial charge in [-0.2, -0.15) is 0 Å². The van der Waals surface area contributed by atoms with Gasteiger partial charge in [0.2, 0.25) is 0 Å². The van der Waals surface area contributed by atoms with Gasteiger partial charge in [-0.3, -0.25) is 0 Å². The SMILES string of the molecule is CCCC(NCc1cc(Cl)cs1)c1cccs1. The molecule has 0 aromatic carbocycles. The Bertz CT molecular complexity index is 436. The van der Waals surface area contributed by atoms with Crippen molar-refractivity contribution in [2.75, 3.05) is 0 Å². The number of hydrogen-bond donors (Lipinski definition) is 1. The summed E-state index contributed by atoms with van der Waals surface area (Å²) in [6.07, 6.45) is 2.38. The lowest BCUT2D eigenvalue weighted by Crippen LogP contribution is -2.19. The maximum atomic E-state index is 5.92. The molecule has 2 aromatic rings. The van der Waals surface area contributed by atoms with E-state index in [4.69, 9.17) is 11.6 Å². The minimum Gasteiger partial charge on any atom is -0.304 e. The molecule has 0 aliphatic carbocycles. The first-order valence-electron chi connectivity index (χ1n) is 5.79. The fraction of sp³-hybridized carbons (Fsp3) is 0.385. The highest BCUT2D eigenvalue weighted by Crippen LogP contribution is 2.25. The van der Waals surface area contributed by atoms with E-state index in [-0.39, 0.29) is 0 Å². The van der Waals surface area contributed by atoms with Gasteiger partial charge in [-0.1, -0.05) is 31.0 Å². The third-order valence-corrected chi connectivity index (χ3v) is 4.88. The smallest absolute Gasteiger partial charge is 0.0516 e. The van der Waals surface area contributed by atoms with Gasteiger partial charge in [-0.15, -0.1) is 22.7 Å². The monoisotopic (exact) mass is 285 g/mol. The van der Waals surface area contributed by atoms with Crippen molar-refractivity contribution < 1.29 is 0 Å². The van der Waals surface area contributed by atoms with Gasteiger partial charge < -0.3 is 5.32 Å². The minimum atomic E-state index is 0.473. The second-order valence-corrected chi connectivity index (χ2v) is 6.38. The maximum absolute atomic E-state index is 5.92. The second-order valence-electron chi connectivity index (χ2n) is 3.97. The van der Waals surface area contributed by atoms with Gasteiger partial charge in [0.1, 0.15) is 0 Å². The molecule has 2 heterocycles. The Hall–Kier alpha value is -0.350. The Labute approximate surface area is 115 Å². The normalized spacial score (nSPS) is 12.8. The highest BCUT2D eigenvalue weighted by Gasteiger charge is 2.11. The zero-order valence-corrected chi connectivity index (χ0v) is 12.2. The molecule has 92 valence electrons. The summed E-state index contributed by atoms with van der Waals surface area (Å²) in [5, 5.41) is 8.58. The largest absolute Gasteiger partial charge is 0.304 e. The van der Waals surface area contributed by atoms with Gasteiger partial charge in [0, 0.05) is 27.7 Å². The third kappa shape index (κ3) is 3.81. The van der Waals surface area contributed by atoms with Crippen LogP contribution in [0.4, 0.5) is 0 Å². The van der Waals surface area contributed by atoms with E-state index >= 15 is 0 Å². The zero-order chi connectivity index (χ0) is 12.1. The Morgan fingerprint density at radius 1 is 1.41 bits per heavy atom. The Balaban J connectivity index is 1.94. The van der Waals surface area contributed by atoms with Crippen LogP contribution >= 0.6 is 34.3 Å². The van der Waals surface area contributed by atoms with Crippen molar-refractivity contribution in [2.24, 2.45) is 0 Å². The molecule has 2 aromatic heterocycles. The van der Waals surface area contributed by atoms with Gasteiger partial charge in [-0.05, 0) is 23.9 Å². The quantitative estimate of drug-likeness (QED) is 0.779. The molecule has 2 rings (SSSR count). The second kappa shape index (κ2) is 6.55. The topological polar surface area (TPSA) is 12.0 Å². The van der Waals surface area contributed by atoms with E-state index in [9.17, 15) is 0 Å². The molecule has 1 unspecified atom stereocenters. The summed E-state index contributed by atoms with van der Waals surface area (Å²) in [5.41, 5.74) is 0. The summed E-state index contributed by atoms with van der Waals surface area (Å²) < 4.78 is 0. The van der Waals surface area contributed by atoms with Crippen LogP contribution in [-0.2, 0) is 6.54 Å². The first-order chi connectivity index (χ1) is 8.29. The molecular formula is C13H16ClNS2. The number of thiophene rings is 2. The zero-order valence-electron chi connectivity index (χ0n) is 9.78. The number of rotatable bonds is 6. The van der Waals surface area contributed by atoms with E-state index in [1.54, 1.807) is 11.3 Å². The molecule has 17 heavy (non-hydrogen) atoms. The molecule has 1 nitrogen and oxygen atoms in total. The van der Waals surface area contributed by atoms with Crippen LogP contribution in [-0.4, -0.2) is 0 Å². The highest BCUT2D eigenvalue weighted by atomic mass is 35.5. The van der Waals surface area contributed by atoms with Gasteiger partial charge in [0.25, 0.3) is 0 Å². The van der Waals surface area contributed by atoms with Gasteiger partial charge in [0.15, 0.2) is 0 Å². The van der Waals surface area contributed by atoms with Crippen molar-refractivity contribution in [2.45, 2.75) is 32.4 Å². The van der Waals surface area contributed by atoms with E-state index in [2.05, 4.69) is 29.8 Å². The fourth-order valence-electron chi connectivity index (χ4n) is 1.79. The molecule has 0 radical (unpaired) electrons. The van der Waals surface area contributed by atoms with Crippen molar-refractivity contribution in [3.63, 3.8) is 0 Å². The summed E-state index contributed by atoms with van der Waals surface area (Å²) in [6, 6.07) is 6.84. The molecule has 0 saturated heterocycles. The summed E-state index contributed by atoms with van der Waals surface area (Å²) in [4.78, 5) is 2.72. The fourth-order valence-corrected chi connectivity index (χ4v) is 3.65. The first-order valence-corrected chi connectivity index (χ1v) is 7.93. The van der Waals surface area contributed by atoms with Crippen LogP contribution in [0, 0.1) is 0 Å². The average Bonchev–Trinajstić information content (AvgIpc) is 2.95. The van der Waals surface area contributed by atoms with Crippen molar-refractivity contribution in [1.82, 2.24) is 5.32 Å². The lowest BCUT2D eigenvalue weighted by Gasteiger charge is -2.16. The Morgan fingerprint density at radius 2 is 2.29 bits per heavy atom. The molecule has 0 aliphatic rings. The summed E-state index contributed by atoms with van der Waals surface area (Å²) >= 11 is 9.46. The molecule has 0 bridgehead atoms. The molecule has 1 N–H and O–H groups in total. The maximum Gasteiger partial charge on any atom is 0.0516 e. The Morgan fingerprint density at radius 3 is 2.88 bits per heavy atom. The Kier molecular flexibility index (Phi) is 5.04. The van der Waals surface area contributed by atoms with E-state index in [0.29, 0.717) is 6.04 Å². The van der Waals surface area contributed by atoms with Crippen LogP contribution in [0.2, 0.25) is 5.02 Å². The van der Waals surface area contributed by atoms with E-state index in [1.165, 1.54) is 22.6 Å². The van der Waals surface area contributed by atoms with E-state index in [1.807, 2.05) is 22.8 Å². The number of nitrogens with one attached hydrogen (secondary N) is 1. The lowest BCUT2D eigenvalue weighted by molar-refractivity contribution is 0.503. The summed E-state index contributed by atoms with van der Waals surface area (Å²) in [7, 11) is 0. The van der Waals surface area contributed by atoms with Crippen LogP contribution in [0.5, 0.6) is 0 Å². The molecule has 0 aliphatic heterocycles. The molecule has 0 fully saturated rings. The van der Waals surface area contributed by atoms with Crippen LogP contribution < -0.4 is 5.32 Å². The summed E-state index contributed by atoms with van der Waals surface area (Å²) in [6.45, 7) is 3.13.